The molecule has 5 rings (SSSR count). The van der Waals surface area contributed by atoms with Gasteiger partial charge in [-0.05, 0) is 53.1 Å². The Morgan fingerprint density at radius 1 is 0.875 bits per heavy atom. The van der Waals surface area contributed by atoms with Crippen LogP contribution in [0.5, 0.6) is 0 Å². The molecule has 1 aromatic heterocycles. The molecule has 1 atom stereocenters. The molecule has 0 radical (unpaired) electrons. The van der Waals surface area contributed by atoms with Crippen LogP contribution in [-0.2, 0) is 37.3 Å². The van der Waals surface area contributed by atoms with Crippen molar-refractivity contribution in [2.75, 3.05) is 39.4 Å². The van der Waals surface area contributed by atoms with Crippen LogP contribution in [-0.4, -0.2) is 76.3 Å². The van der Waals surface area contributed by atoms with Gasteiger partial charge in [0.25, 0.3) is 11.8 Å². The second kappa shape index (κ2) is 16.7. The summed E-state index contributed by atoms with van der Waals surface area (Å²) >= 11 is 13.3. The van der Waals surface area contributed by atoms with Crippen molar-refractivity contribution in [1.82, 2.24) is 20.3 Å². The fourth-order valence-corrected chi connectivity index (χ4v) is 7.86. The largest absolute Gasteiger partial charge is 0.379 e. The number of nitrogens with zero attached hydrogens (tertiary/aromatic N) is 1. The van der Waals surface area contributed by atoms with Gasteiger partial charge in [0.05, 0.1) is 23.8 Å². The number of carbonyl (C=O) groups excluding carboxylic acids is 3. The number of morpholine rings is 1. The second-order valence-corrected chi connectivity index (χ2v) is 15.0. The number of nitrogens with one attached hydrogen (secondary N) is 3. The Hall–Kier alpha value is -3.62. The Labute approximate surface area is 293 Å². The van der Waals surface area contributed by atoms with Crippen LogP contribution in [0.25, 0.3) is 10.4 Å². The maximum atomic E-state index is 13.2. The monoisotopic (exact) mass is 728 g/mol. The Balaban J connectivity index is 1.16. The first-order chi connectivity index (χ1) is 23.1. The SMILES string of the molecule is O=C(NCCNS(=O)(=O)c1ccc(-c2cccc(CN3CCOCC3)c2)s1)C(=O)[C@H](Cc1ccccc1)NC(=O)c1cc(Cl)ccc1Cl. The van der Waals surface area contributed by atoms with E-state index in [1.165, 1.54) is 18.2 Å². The number of sulfonamides is 1. The van der Waals surface area contributed by atoms with Gasteiger partial charge in [-0.25, -0.2) is 13.1 Å². The van der Waals surface area contributed by atoms with Crippen molar-refractivity contribution >= 4 is 62.2 Å². The lowest BCUT2D eigenvalue weighted by molar-refractivity contribution is -0.138. The van der Waals surface area contributed by atoms with Gasteiger partial charge in [-0.1, -0.05) is 71.7 Å². The molecule has 14 heteroatoms. The zero-order valence-corrected chi connectivity index (χ0v) is 28.9. The third kappa shape index (κ3) is 9.73. The summed E-state index contributed by atoms with van der Waals surface area (Å²) in [5, 5.41) is 5.47. The fraction of sp³-hybridized carbons (Fsp3) is 0.265. The first kappa shape index (κ1) is 35.7. The Morgan fingerprint density at radius 3 is 2.40 bits per heavy atom. The predicted molar refractivity (Wildman–Crippen MR) is 187 cm³/mol. The Kier molecular flexibility index (Phi) is 12.4. The number of ketones is 1. The van der Waals surface area contributed by atoms with E-state index in [0.717, 1.165) is 47.0 Å². The van der Waals surface area contributed by atoms with Crippen LogP contribution in [0.2, 0.25) is 10.0 Å². The Bertz CT molecular complexity index is 1860. The van der Waals surface area contributed by atoms with E-state index < -0.39 is 33.7 Å². The zero-order valence-electron chi connectivity index (χ0n) is 25.8. The Morgan fingerprint density at radius 2 is 1.62 bits per heavy atom. The highest BCUT2D eigenvalue weighted by Gasteiger charge is 2.28. The molecule has 1 saturated heterocycles. The number of carbonyl (C=O) groups is 3. The lowest BCUT2D eigenvalue weighted by Crippen LogP contribution is -2.49. The molecule has 1 fully saturated rings. The average molecular weight is 730 g/mol. The van der Waals surface area contributed by atoms with E-state index in [2.05, 4.69) is 32.4 Å². The van der Waals surface area contributed by atoms with Crippen molar-refractivity contribution in [2.24, 2.45) is 0 Å². The molecule has 1 aliphatic heterocycles. The summed E-state index contributed by atoms with van der Waals surface area (Å²) < 4.78 is 34.1. The molecule has 2 heterocycles. The van der Waals surface area contributed by atoms with Crippen molar-refractivity contribution in [3.8, 4) is 10.4 Å². The van der Waals surface area contributed by atoms with Gasteiger partial charge in [-0.2, -0.15) is 0 Å². The number of rotatable bonds is 14. The summed E-state index contributed by atoms with van der Waals surface area (Å²) in [7, 11) is -3.88. The number of hydrogen-bond acceptors (Lipinski definition) is 8. The summed E-state index contributed by atoms with van der Waals surface area (Å²) in [6.45, 7) is 3.65. The van der Waals surface area contributed by atoms with Crippen molar-refractivity contribution < 1.29 is 27.5 Å². The van der Waals surface area contributed by atoms with Crippen LogP contribution >= 0.6 is 34.5 Å². The van der Waals surface area contributed by atoms with E-state index in [1.807, 2.05) is 12.1 Å². The number of ether oxygens (including phenoxy) is 1. The van der Waals surface area contributed by atoms with Crippen molar-refractivity contribution in [3.05, 3.63) is 112 Å². The summed E-state index contributed by atoms with van der Waals surface area (Å²) in [4.78, 5) is 42.2. The number of halogens is 2. The minimum absolute atomic E-state index is 0.0421. The molecule has 48 heavy (non-hydrogen) atoms. The molecule has 2 amide bonds. The molecule has 1 aliphatic rings. The molecular formula is C34H34Cl2N4O6S2. The van der Waals surface area contributed by atoms with E-state index in [4.69, 9.17) is 27.9 Å². The molecule has 0 aliphatic carbocycles. The van der Waals surface area contributed by atoms with Gasteiger partial charge in [0.1, 0.15) is 10.3 Å². The highest BCUT2D eigenvalue weighted by Crippen LogP contribution is 2.31. The van der Waals surface area contributed by atoms with E-state index in [1.54, 1.807) is 42.5 Å². The van der Waals surface area contributed by atoms with E-state index >= 15 is 0 Å². The summed E-state index contributed by atoms with van der Waals surface area (Å²) in [6.07, 6.45) is 0.0421. The second-order valence-electron chi connectivity index (χ2n) is 11.1. The minimum atomic E-state index is -3.88. The van der Waals surface area contributed by atoms with Crippen LogP contribution in [0.1, 0.15) is 21.5 Å². The topological polar surface area (TPSA) is 134 Å². The van der Waals surface area contributed by atoms with E-state index in [0.29, 0.717) is 18.8 Å². The quantitative estimate of drug-likeness (QED) is 0.128. The van der Waals surface area contributed by atoms with Crippen LogP contribution < -0.4 is 15.4 Å². The smallest absolute Gasteiger partial charge is 0.289 e. The summed E-state index contributed by atoms with van der Waals surface area (Å²) in [6, 6.07) is 23.4. The number of benzene rings is 3. The van der Waals surface area contributed by atoms with Gasteiger partial charge in [-0.15, -0.1) is 11.3 Å². The zero-order chi connectivity index (χ0) is 34.1. The maximum Gasteiger partial charge on any atom is 0.289 e. The van der Waals surface area contributed by atoms with E-state index in [-0.39, 0.29) is 39.3 Å². The van der Waals surface area contributed by atoms with Crippen LogP contribution in [0.15, 0.2) is 89.1 Å². The molecule has 10 nitrogen and oxygen atoms in total. The van der Waals surface area contributed by atoms with Crippen LogP contribution in [0.4, 0.5) is 0 Å². The van der Waals surface area contributed by atoms with Gasteiger partial charge in [0, 0.05) is 49.0 Å². The lowest BCUT2D eigenvalue weighted by atomic mass is 10.0. The summed E-state index contributed by atoms with van der Waals surface area (Å²) in [5.41, 5.74) is 2.83. The lowest BCUT2D eigenvalue weighted by Gasteiger charge is -2.26. The number of hydrogen-bond donors (Lipinski definition) is 3. The first-order valence-electron chi connectivity index (χ1n) is 15.2. The molecule has 0 bridgehead atoms. The number of Topliss-reactive ketones (excluding diaryl/α,β-unsaturated/α-hetero) is 1. The van der Waals surface area contributed by atoms with Gasteiger partial charge < -0.3 is 15.4 Å². The first-order valence-corrected chi connectivity index (χ1v) is 18.3. The molecule has 252 valence electrons. The van der Waals surface area contributed by atoms with Gasteiger partial charge in [0.2, 0.25) is 15.8 Å². The molecular weight excluding hydrogens is 695 g/mol. The normalized spacial score (nSPS) is 14.3. The maximum absolute atomic E-state index is 13.2. The highest BCUT2D eigenvalue weighted by molar-refractivity contribution is 7.91. The number of thiophene rings is 1. The third-order valence-electron chi connectivity index (χ3n) is 7.57. The van der Waals surface area contributed by atoms with Gasteiger partial charge >= 0.3 is 0 Å². The molecule has 0 spiro atoms. The van der Waals surface area contributed by atoms with Crippen LogP contribution in [0.3, 0.4) is 0 Å². The van der Waals surface area contributed by atoms with Crippen LogP contribution in [0, 0.1) is 0 Å². The van der Waals surface area contributed by atoms with Crippen molar-refractivity contribution in [3.63, 3.8) is 0 Å². The number of amides is 2. The standard InChI is InChI=1S/C34H34Cl2N4O6S2/c35-26-9-10-28(36)27(21-26)33(42)39-29(20-23-5-2-1-3-6-23)32(41)34(43)37-13-14-38-48(44,45)31-12-11-30(47-31)25-8-4-7-24(19-25)22-40-15-17-46-18-16-40/h1-12,19,21,29,38H,13-18,20,22H2,(H,37,43)(H,39,42)/t29-/m0/s1. The van der Waals surface area contributed by atoms with Gasteiger partial charge in [0.15, 0.2) is 0 Å². The molecule has 4 aromatic rings. The molecule has 0 unspecified atom stereocenters. The third-order valence-corrected chi connectivity index (χ3v) is 11.2. The van der Waals surface area contributed by atoms with Crippen molar-refractivity contribution in [1.29, 1.82) is 0 Å². The fourth-order valence-electron chi connectivity index (χ4n) is 5.10. The van der Waals surface area contributed by atoms with E-state index in [9.17, 15) is 22.8 Å². The average Bonchev–Trinajstić information content (AvgIpc) is 3.60. The minimum Gasteiger partial charge on any atom is -0.379 e. The molecule has 0 saturated carbocycles. The van der Waals surface area contributed by atoms with Gasteiger partial charge in [-0.3, -0.25) is 19.3 Å². The highest BCUT2D eigenvalue weighted by atomic mass is 35.5. The molecule has 3 N–H and O–H groups in total. The summed E-state index contributed by atoms with van der Waals surface area (Å²) in [5.74, 6) is -2.54. The molecule has 3 aromatic carbocycles. The predicted octanol–water partition coefficient (Wildman–Crippen LogP) is 4.56. The van der Waals surface area contributed by atoms with Crippen molar-refractivity contribution in [2.45, 2.75) is 23.2 Å².